The van der Waals surface area contributed by atoms with Crippen molar-refractivity contribution >= 4 is 6.04 Å². The van der Waals surface area contributed by atoms with E-state index in [1.807, 2.05) is 0 Å². The predicted molar refractivity (Wildman–Crippen MR) is 81.7 cm³/mol. The van der Waals surface area contributed by atoms with Crippen molar-refractivity contribution in [3.8, 4) is 0 Å². The number of rotatable bonds is 10. The number of halogens is 18. The highest BCUT2D eigenvalue weighted by Gasteiger charge is 2.86. The molecule has 0 aliphatic carbocycles. The summed E-state index contributed by atoms with van der Waals surface area (Å²) in [4.78, 5) is 10.6. The Morgan fingerprint density at radius 2 is 0.973 bits per heavy atom. The van der Waals surface area contributed by atoms with Crippen LogP contribution in [0.2, 0.25) is 0 Å². The van der Waals surface area contributed by atoms with Crippen molar-refractivity contribution in [2.45, 2.75) is 93.3 Å². The van der Waals surface area contributed by atoms with Crippen LogP contribution in [0, 0.1) is 0 Å². The van der Waals surface area contributed by atoms with Crippen LogP contribution in [-0.4, -0.2) is 65.2 Å². The molecule has 0 bridgehead atoms. The molecule has 0 aliphatic heterocycles. The fourth-order valence-corrected chi connectivity index (χ4v) is 2.82. The van der Waals surface area contributed by atoms with Crippen molar-refractivity contribution in [3.63, 3.8) is 0 Å². The van der Waals surface area contributed by atoms with Crippen molar-refractivity contribution in [3.05, 3.63) is 0 Å². The Morgan fingerprint density at radius 1 is 0.595 bits per heavy atom. The maximum absolute atomic E-state index is 15.2. The van der Waals surface area contributed by atoms with Crippen LogP contribution in [0.15, 0.2) is 0 Å². The Kier molecular flexibility index (Phi) is 8.80. The molecule has 0 aromatic carbocycles. The molecule has 0 saturated heterocycles. The number of hydrogen-bond donors (Lipinski definition) is 0. The molecular weight excluding hydrogens is 582 g/mol. The standard InChI is InChI=1S/C16H14F18O3/c1-5-8(4,37-16(33,34)11(20,21)14(28,29)30)10(19,13(25,26)27)15(31,32)36-7(2,3)9(18,6(17)35)12(22,23)24/h5H2,1-4H3. The van der Waals surface area contributed by atoms with Crippen molar-refractivity contribution in [2.75, 3.05) is 0 Å². The molecule has 222 valence electrons. The summed E-state index contributed by atoms with van der Waals surface area (Å²) in [6.07, 6.45) is -38.4. The Labute approximate surface area is 194 Å². The second kappa shape index (κ2) is 9.22. The summed E-state index contributed by atoms with van der Waals surface area (Å²) < 4.78 is 247. The van der Waals surface area contributed by atoms with Gasteiger partial charge in [-0.25, -0.2) is 8.78 Å². The minimum absolute atomic E-state index is 0.0106. The molecule has 0 fully saturated rings. The minimum atomic E-state index is -7.47. The molecule has 0 N–H and O–H groups in total. The SMILES string of the molecule is CCC(C)(OC(F)(F)C(F)(F)C(F)(F)F)C(F)(C(F)(F)F)C(F)(F)OC(C)(C)C(F)(C(=O)F)C(F)(F)F. The normalized spacial score (nSPS) is 20.2. The van der Waals surface area contributed by atoms with Gasteiger partial charge in [-0.2, -0.15) is 70.2 Å². The van der Waals surface area contributed by atoms with Gasteiger partial charge in [-0.1, -0.05) is 6.92 Å². The van der Waals surface area contributed by atoms with Gasteiger partial charge >= 0.3 is 54.0 Å². The molecule has 3 nitrogen and oxygen atoms in total. The van der Waals surface area contributed by atoms with Crippen LogP contribution in [-0.2, 0) is 14.3 Å². The molecule has 0 saturated carbocycles. The smallest absolute Gasteiger partial charge is 0.307 e. The highest BCUT2D eigenvalue weighted by molar-refractivity contribution is 5.81. The summed E-state index contributed by atoms with van der Waals surface area (Å²) in [5, 5.41) is 0. The van der Waals surface area contributed by atoms with E-state index in [4.69, 9.17) is 0 Å². The number of alkyl halides is 17. The zero-order chi connectivity index (χ0) is 30.7. The molecule has 37 heavy (non-hydrogen) atoms. The van der Waals surface area contributed by atoms with Gasteiger partial charge < -0.3 is 9.47 Å². The number of hydrogen-bond acceptors (Lipinski definition) is 3. The van der Waals surface area contributed by atoms with Gasteiger partial charge in [0.05, 0.1) is 0 Å². The largest absolute Gasteiger partial charge is 0.462 e. The van der Waals surface area contributed by atoms with E-state index in [1.54, 1.807) is 0 Å². The van der Waals surface area contributed by atoms with Crippen LogP contribution in [0.25, 0.3) is 0 Å². The molecule has 0 aliphatic rings. The molecule has 21 heteroatoms. The molecule has 0 heterocycles. The second-order valence-corrected chi connectivity index (χ2v) is 7.99. The van der Waals surface area contributed by atoms with Crippen molar-refractivity contribution in [1.29, 1.82) is 0 Å². The predicted octanol–water partition coefficient (Wildman–Crippen LogP) is 7.39. The van der Waals surface area contributed by atoms with Gasteiger partial charge in [0.25, 0.3) is 0 Å². The van der Waals surface area contributed by atoms with Crippen LogP contribution >= 0.6 is 0 Å². The number of carbonyl (C=O) groups is 1. The van der Waals surface area contributed by atoms with Gasteiger partial charge in [-0.15, -0.1) is 0 Å². The average molecular weight is 596 g/mol. The van der Waals surface area contributed by atoms with E-state index in [2.05, 4.69) is 9.47 Å². The first-order chi connectivity index (χ1) is 15.7. The van der Waals surface area contributed by atoms with E-state index in [0.717, 1.165) is 0 Å². The zero-order valence-corrected chi connectivity index (χ0v) is 18.2. The molecule has 0 aromatic rings. The maximum Gasteiger partial charge on any atom is 0.462 e. The lowest BCUT2D eigenvalue weighted by Crippen LogP contribution is -2.74. The van der Waals surface area contributed by atoms with Gasteiger partial charge in [0, 0.05) is 0 Å². The average Bonchev–Trinajstić information content (AvgIpc) is 2.61. The van der Waals surface area contributed by atoms with E-state index < -0.39 is 92.4 Å². The van der Waals surface area contributed by atoms with E-state index in [1.165, 1.54) is 0 Å². The van der Waals surface area contributed by atoms with Gasteiger partial charge in [0.2, 0.25) is 0 Å². The van der Waals surface area contributed by atoms with Gasteiger partial charge in [-0.3, -0.25) is 4.79 Å². The lowest BCUT2D eigenvalue weighted by atomic mass is 9.80. The summed E-state index contributed by atoms with van der Waals surface area (Å²) in [7, 11) is 0. The molecule has 0 spiro atoms. The summed E-state index contributed by atoms with van der Waals surface area (Å²) in [5.41, 5.74) is -23.6. The van der Waals surface area contributed by atoms with E-state index in [0.29, 0.717) is 0 Å². The first-order valence-corrected chi connectivity index (χ1v) is 8.98. The van der Waals surface area contributed by atoms with Gasteiger partial charge in [-0.05, 0) is 27.2 Å². The fraction of sp³-hybridized carbons (Fsp3) is 0.938. The van der Waals surface area contributed by atoms with E-state index in [-0.39, 0.29) is 6.92 Å². The molecular formula is C16H14F18O3. The molecule has 0 rings (SSSR count). The third kappa shape index (κ3) is 5.29. The van der Waals surface area contributed by atoms with Crippen LogP contribution in [0.4, 0.5) is 79.0 Å². The van der Waals surface area contributed by atoms with E-state index >= 15 is 4.39 Å². The van der Waals surface area contributed by atoms with Crippen LogP contribution < -0.4 is 0 Å². The van der Waals surface area contributed by atoms with Crippen molar-refractivity contribution in [2.24, 2.45) is 0 Å². The van der Waals surface area contributed by atoms with Crippen molar-refractivity contribution in [1.82, 2.24) is 0 Å². The Hall–Kier alpha value is -1.67. The number of ether oxygens (including phenoxy) is 2. The molecule has 3 atom stereocenters. The lowest BCUT2D eigenvalue weighted by molar-refractivity contribution is -0.490. The first kappa shape index (κ1) is 35.3. The topological polar surface area (TPSA) is 35.5 Å². The van der Waals surface area contributed by atoms with E-state index in [9.17, 15) is 79.4 Å². The van der Waals surface area contributed by atoms with Gasteiger partial charge in [0.1, 0.15) is 11.2 Å². The summed E-state index contributed by atoms with van der Waals surface area (Å²) >= 11 is 0. The molecule has 0 radical (unpaired) electrons. The summed E-state index contributed by atoms with van der Waals surface area (Å²) in [5.74, 6) is -7.47. The van der Waals surface area contributed by atoms with Gasteiger partial charge in [0.15, 0.2) is 0 Å². The Balaban J connectivity index is 7.20. The lowest BCUT2D eigenvalue weighted by Gasteiger charge is -2.49. The summed E-state index contributed by atoms with van der Waals surface area (Å²) in [6, 6.07) is -4.22. The second-order valence-electron chi connectivity index (χ2n) is 7.99. The quantitative estimate of drug-likeness (QED) is 0.195. The third-order valence-corrected chi connectivity index (χ3v) is 5.14. The Morgan fingerprint density at radius 3 is 1.22 bits per heavy atom. The highest BCUT2D eigenvalue weighted by atomic mass is 19.4. The third-order valence-electron chi connectivity index (χ3n) is 5.14. The Bertz CT molecular complexity index is 843. The van der Waals surface area contributed by atoms with Crippen LogP contribution in [0.3, 0.4) is 0 Å². The van der Waals surface area contributed by atoms with Crippen LogP contribution in [0.5, 0.6) is 0 Å². The van der Waals surface area contributed by atoms with Crippen molar-refractivity contribution < 1.29 is 93.3 Å². The fourth-order valence-electron chi connectivity index (χ4n) is 2.82. The zero-order valence-electron chi connectivity index (χ0n) is 18.2. The monoisotopic (exact) mass is 596 g/mol. The number of carbonyl (C=O) groups excluding carboxylic acids is 1. The maximum atomic E-state index is 15.2. The summed E-state index contributed by atoms with van der Waals surface area (Å²) in [6.45, 7) is -2.21. The van der Waals surface area contributed by atoms with Crippen LogP contribution in [0.1, 0.15) is 34.1 Å². The molecule has 0 aromatic heterocycles. The molecule has 3 unspecified atom stereocenters. The highest BCUT2D eigenvalue weighted by Crippen LogP contribution is 2.60. The molecule has 0 amide bonds. The minimum Gasteiger partial charge on any atom is -0.307 e. The first-order valence-electron chi connectivity index (χ1n) is 8.98.